The lowest BCUT2D eigenvalue weighted by Crippen LogP contribution is -2.23. The molecule has 32 heavy (non-hydrogen) atoms. The van der Waals surface area contributed by atoms with Crippen LogP contribution in [0.1, 0.15) is 15.9 Å². The molecule has 0 saturated heterocycles. The lowest BCUT2D eigenvalue weighted by molar-refractivity contribution is 0.0948. The first kappa shape index (κ1) is 20.7. The van der Waals surface area contributed by atoms with Crippen LogP contribution in [-0.4, -0.2) is 18.0 Å². The summed E-state index contributed by atoms with van der Waals surface area (Å²) in [5, 5.41) is 5.99. The quantitative estimate of drug-likeness (QED) is 0.287. The van der Waals surface area contributed by atoms with E-state index < -0.39 is 0 Å². The van der Waals surface area contributed by atoms with E-state index in [1.165, 1.54) is 4.70 Å². The number of halogens is 1. The number of methoxy groups -OCH3 is 1. The highest BCUT2D eigenvalue weighted by Gasteiger charge is 2.18. The summed E-state index contributed by atoms with van der Waals surface area (Å²) >= 11 is 5.27. The van der Waals surface area contributed by atoms with Gasteiger partial charge in [-0.1, -0.05) is 60.7 Å². The lowest BCUT2D eigenvalue weighted by atomic mass is 10.0. The fourth-order valence-corrected chi connectivity index (χ4v) is 5.40. The number of nitrogens with one attached hydrogen (secondary N) is 1. The molecular weight excluding hydrogens is 484 g/mol. The maximum Gasteiger partial charge on any atom is 0.255 e. The number of para-hydroxylation sites is 1. The van der Waals surface area contributed by atoms with E-state index in [4.69, 9.17) is 9.72 Å². The Morgan fingerprint density at radius 1 is 1.03 bits per heavy atom. The predicted molar refractivity (Wildman–Crippen MR) is 134 cm³/mol. The summed E-state index contributed by atoms with van der Waals surface area (Å²) in [5.41, 5.74) is 3.60. The van der Waals surface area contributed by atoms with Gasteiger partial charge in [0.05, 0.1) is 27.4 Å². The van der Waals surface area contributed by atoms with Gasteiger partial charge < -0.3 is 10.1 Å². The van der Waals surface area contributed by atoms with Crippen LogP contribution in [0, 0.1) is 0 Å². The van der Waals surface area contributed by atoms with Crippen molar-refractivity contribution in [1.29, 1.82) is 0 Å². The minimum atomic E-state index is -0.177. The third-order valence-electron chi connectivity index (χ3n) is 5.34. The van der Waals surface area contributed by atoms with E-state index in [9.17, 15) is 4.79 Å². The predicted octanol–water partition coefficient (Wildman–Crippen LogP) is 6.82. The van der Waals surface area contributed by atoms with Gasteiger partial charge in [-0.05, 0) is 50.5 Å². The number of aromatic nitrogens is 1. The van der Waals surface area contributed by atoms with Crippen LogP contribution in [0.5, 0.6) is 5.75 Å². The summed E-state index contributed by atoms with van der Waals surface area (Å²) in [6.45, 7) is 0.423. The van der Waals surface area contributed by atoms with E-state index >= 15 is 0 Å². The van der Waals surface area contributed by atoms with Crippen molar-refractivity contribution in [1.82, 2.24) is 10.3 Å². The highest BCUT2D eigenvalue weighted by molar-refractivity contribution is 9.10. The molecule has 1 aromatic heterocycles. The highest BCUT2D eigenvalue weighted by Crippen LogP contribution is 2.36. The first-order chi connectivity index (χ1) is 15.6. The van der Waals surface area contributed by atoms with Crippen molar-refractivity contribution in [3.05, 3.63) is 94.5 Å². The highest BCUT2D eigenvalue weighted by atomic mass is 79.9. The number of rotatable bonds is 5. The van der Waals surface area contributed by atoms with E-state index in [1.807, 2.05) is 72.8 Å². The van der Waals surface area contributed by atoms with Crippen molar-refractivity contribution in [2.75, 3.05) is 7.11 Å². The first-order valence-electron chi connectivity index (χ1n) is 10.1. The molecule has 0 atom stereocenters. The summed E-state index contributed by atoms with van der Waals surface area (Å²) < 4.78 is 7.49. The number of amides is 1. The Bertz CT molecular complexity index is 1410. The Morgan fingerprint density at radius 3 is 2.56 bits per heavy atom. The number of hydrogen-bond donors (Lipinski definition) is 1. The SMILES string of the molecule is COc1c(C(=O)NCc2ccc(-c3nc4ccccc4s3)cc2)cc2ccccc2c1Br. The average Bonchev–Trinajstić information content (AvgIpc) is 3.27. The van der Waals surface area contributed by atoms with Crippen LogP contribution in [-0.2, 0) is 6.54 Å². The van der Waals surface area contributed by atoms with E-state index in [0.29, 0.717) is 17.9 Å². The number of carbonyl (C=O) groups excluding carboxylic acids is 1. The number of ether oxygens (including phenoxy) is 1. The number of fused-ring (bicyclic) bond motifs is 2. The molecule has 0 radical (unpaired) electrons. The van der Waals surface area contributed by atoms with Crippen LogP contribution in [0.4, 0.5) is 0 Å². The van der Waals surface area contributed by atoms with Crippen molar-refractivity contribution in [3.8, 4) is 16.3 Å². The van der Waals surface area contributed by atoms with Crippen molar-refractivity contribution in [2.45, 2.75) is 6.54 Å². The van der Waals surface area contributed by atoms with E-state index in [0.717, 1.165) is 36.9 Å². The van der Waals surface area contributed by atoms with Gasteiger partial charge >= 0.3 is 0 Å². The molecule has 4 nitrogen and oxygen atoms in total. The molecule has 0 spiro atoms. The molecule has 0 aliphatic heterocycles. The smallest absolute Gasteiger partial charge is 0.255 e. The van der Waals surface area contributed by atoms with Crippen LogP contribution in [0.2, 0.25) is 0 Å². The van der Waals surface area contributed by atoms with E-state index in [2.05, 4.69) is 27.3 Å². The van der Waals surface area contributed by atoms with Crippen LogP contribution in [0.15, 0.2) is 83.3 Å². The van der Waals surface area contributed by atoms with E-state index in [1.54, 1.807) is 18.4 Å². The molecule has 158 valence electrons. The Kier molecular flexibility index (Phi) is 5.64. The maximum atomic E-state index is 13.0. The minimum absolute atomic E-state index is 0.177. The van der Waals surface area contributed by atoms with Crippen LogP contribution >= 0.6 is 27.3 Å². The summed E-state index contributed by atoms with van der Waals surface area (Å²) in [6, 6.07) is 26.0. The molecule has 1 amide bonds. The molecule has 6 heteroatoms. The summed E-state index contributed by atoms with van der Waals surface area (Å²) in [6.07, 6.45) is 0. The van der Waals surface area contributed by atoms with Crippen LogP contribution in [0.25, 0.3) is 31.6 Å². The topological polar surface area (TPSA) is 51.2 Å². The van der Waals surface area contributed by atoms with Crippen LogP contribution < -0.4 is 10.1 Å². The second-order valence-corrected chi connectivity index (χ2v) is 9.18. The zero-order valence-electron chi connectivity index (χ0n) is 17.3. The third kappa shape index (κ3) is 3.87. The molecule has 5 aromatic rings. The second kappa shape index (κ2) is 8.73. The largest absolute Gasteiger partial charge is 0.495 e. The number of nitrogens with zero attached hydrogens (tertiary/aromatic N) is 1. The van der Waals surface area contributed by atoms with E-state index in [-0.39, 0.29) is 5.91 Å². The standard InChI is InChI=1S/C26H19BrN2O2S/c1-31-24-20(14-18-6-2-3-7-19(18)23(24)27)25(30)28-15-16-10-12-17(13-11-16)26-29-21-8-4-5-9-22(21)32-26/h2-14H,15H2,1H3,(H,28,30). The van der Waals surface area contributed by atoms with Gasteiger partial charge in [-0.25, -0.2) is 4.98 Å². The monoisotopic (exact) mass is 502 g/mol. The molecule has 1 N–H and O–H groups in total. The number of thiazole rings is 1. The Morgan fingerprint density at radius 2 is 1.78 bits per heavy atom. The second-order valence-electron chi connectivity index (χ2n) is 7.36. The number of hydrogen-bond acceptors (Lipinski definition) is 4. The molecule has 0 aliphatic carbocycles. The summed E-state index contributed by atoms with van der Waals surface area (Å²) in [7, 11) is 1.58. The summed E-state index contributed by atoms with van der Waals surface area (Å²) in [4.78, 5) is 17.7. The Balaban J connectivity index is 1.34. The zero-order chi connectivity index (χ0) is 22.1. The minimum Gasteiger partial charge on any atom is -0.495 e. The Labute approximate surface area is 198 Å². The maximum absolute atomic E-state index is 13.0. The molecule has 0 unspecified atom stereocenters. The van der Waals surface area contributed by atoms with Gasteiger partial charge in [0.2, 0.25) is 0 Å². The van der Waals surface area contributed by atoms with Gasteiger partial charge in [0, 0.05) is 12.1 Å². The molecule has 5 rings (SSSR count). The molecule has 0 bridgehead atoms. The first-order valence-corrected chi connectivity index (χ1v) is 11.7. The van der Waals surface area contributed by atoms with Gasteiger partial charge in [0.1, 0.15) is 10.8 Å². The van der Waals surface area contributed by atoms with Gasteiger partial charge in [-0.2, -0.15) is 0 Å². The lowest BCUT2D eigenvalue weighted by Gasteiger charge is -2.13. The number of carbonyl (C=O) groups is 1. The van der Waals surface area contributed by atoms with Crippen molar-refractivity contribution in [3.63, 3.8) is 0 Å². The van der Waals surface area contributed by atoms with Gasteiger partial charge in [-0.3, -0.25) is 4.79 Å². The fraction of sp³-hybridized carbons (Fsp3) is 0.0769. The fourth-order valence-electron chi connectivity index (χ4n) is 3.69. The van der Waals surface area contributed by atoms with Gasteiger partial charge in [0.15, 0.2) is 0 Å². The van der Waals surface area contributed by atoms with Crippen molar-refractivity contribution in [2.24, 2.45) is 0 Å². The molecular formula is C26H19BrN2O2S. The summed E-state index contributed by atoms with van der Waals surface area (Å²) in [5.74, 6) is 0.357. The molecule has 4 aromatic carbocycles. The normalized spacial score (nSPS) is 11.1. The molecule has 0 saturated carbocycles. The Hall–Kier alpha value is -3.22. The third-order valence-corrected chi connectivity index (χ3v) is 7.21. The van der Waals surface area contributed by atoms with Crippen molar-refractivity contribution >= 4 is 54.2 Å². The molecule has 1 heterocycles. The number of benzene rings is 4. The molecule has 0 fully saturated rings. The average molecular weight is 503 g/mol. The zero-order valence-corrected chi connectivity index (χ0v) is 19.7. The van der Waals surface area contributed by atoms with Gasteiger partial charge in [-0.15, -0.1) is 11.3 Å². The van der Waals surface area contributed by atoms with Crippen LogP contribution in [0.3, 0.4) is 0 Å². The van der Waals surface area contributed by atoms with Gasteiger partial charge in [0.25, 0.3) is 5.91 Å². The van der Waals surface area contributed by atoms with Crippen molar-refractivity contribution < 1.29 is 9.53 Å². The molecule has 0 aliphatic rings.